The zero-order valence-electron chi connectivity index (χ0n) is 16.4. The standard InChI is InChI=1S/C21H18N2O6S/c1-12-17(13-7-9-16(28-2)10-8-13)18(21(25)29-3)20(30-12)22-19(24)14-5-4-6-15(11-14)23(26)27/h4-11H,1-3H3,(H,22,24). The first-order valence-electron chi connectivity index (χ1n) is 8.77. The van der Waals surface area contributed by atoms with Crippen molar-refractivity contribution in [2.75, 3.05) is 19.5 Å². The van der Waals surface area contributed by atoms with Crippen molar-refractivity contribution in [1.82, 2.24) is 0 Å². The number of benzene rings is 2. The smallest absolute Gasteiger partial charge is 0.341 e. The molecule has 154 valence electrons. The Kier molecular flexibility index (Phi) is 6.12. The first-order chi connectivity index (χ1) is 14.3. The van der Waals surface area contributed by atoms with Crippen LogP contribution < -0.4 is 10.1 Å². The molecule has 0 aliphatic rings. The average molecular weight is 426 g/mol. The summed E-state index contributed by atoms with van der Waals surface area (Å²) in [5, 5.41) is 14.0. The van der Waals surface area contributed by atoms with Gasteiger partial charge in [0.05, 0.1) is 19.1 Å². The van der Waals surface area contributed by atoms with Crippen molar-refractivity contribution in [1.29, 1.82) is 0 Å². The molecule has 9 heteroatoms. The Balaban J connectivity index is 2.02. The van der Waals surface area contributed by atoms with E-state index < -0.39 is 16.8 Å². The average Bonchev–Trinajstić information content (AvgIpc) is 3.08. The molecule has 0 aliphatic carbocycles. The number of ether oxygens (including phenoxy) is 2. The number of nitrogens with zero attached hydrogens (tertiary/aromatic N) is 1. The normalized spacial score (nSPS) is 10.4. The van der Waals surface area contributed by atoms with Gasteiger partial charge in [0, 0.05) is 28.1 Å². The van der Waals surface area contributed by atoms with Crippen LogP contribution in [-0.2, 0) is 4.74 Å². The van der Waals surface area contributed by atoms with Gasteiger partial charge >= 0.3 is 5.97 Å². The van der Waals surface area contributed by atoms with Crippen molar-refractivity contribution in [3.8, 4) is 16.9 Å². The maximum atomic E-state index is 12.7. The number of anilines is 1. The molecule has 0 saturated carbocycles. The third-order valence-electron chi connectivity index (χ3n) is 4.40. The fourth-order valence-electron chi connectivity index (χ4n) is 2.97. The van der Waals surface area contributed by atoms with Crippen LogP contribution in [0, 0.1) is 17.0 Å². The van der Waals surface area contributed by atoms with Gasteiger partial charge in [-0.2, -0.15) is 0 Å². The summed E-state index contributed by atoms with van der Waals surface area (Å²) in [6.07, 6.45) is 0. The Morgan fingerprint density at radius 2 is 1.80 bits per heavy atom. The van der Waals surface area contributed by atoms with Crippen LogP contribution in [0.25, 0.3) is 11.1 Å². The maximum Gasteiger partial charge on any atom is 0.341 e. The molecule has 3 aromatic rings. The number of carbonyl (C=O) groups excluding carboxylic acids is 2. The molecule has 30 heavy (non-hydrogen) atoms. The number of hydrogen-bond acceptors (Lipinski definition) is 7. The molecule has 1 N–H and O–H groups in total. The van der Waals surface area contributed by atoms with E-state index in [2.05, 4.69) is 5.32 Å². The van der Waals surface area contributed by atoms with Gasteiger partial charge in [0.1, 0.15) is 16.3 Å². The van der Waals surface area contributed by atoms with Gasteiger partial charge in [-0.15, -0.1) is 11.3 Å². The topological polar surface area (TPSA) is 108 Å². The number of thiophene rings is 1. The minimum atomic E-state index is -0.598. The number of rotatable bonds is 6. The van der Waals surface area contributed by atoms with E-state index in [-0.39, 0.29) is 16.8 Å². The number of nitrogens with one attached hydrogen (secondary N) is 1. The highest BCUT2D eigenvalue weighted by Crippen LogP contribution is 2.41. The second-order valence-corrected chi connectivity index (χ2v) is 7.44. The summed E-state index contributed by atoms with van der Waals surface area (Å²) in [4.78, 5) is 36.4. The van der Waals surface area contributed by atoms with E-state index in [1.54, 1.807) is 19.2 Å². The number of non-ortho nitro benzene ring substituents is 1. The van der Waals surface area contributed by atoms with Crippen molar-refractivity contribution in [3.63, 3.8) is 0 Å². The lowest BCUT2D eigenvalue weighted by molar-refractivity contribution is -0.384. The van der Waals surface area contributed by atoms with Crippen LogP contribution in [-0.4, -0.2) is 31.0 Å². The second-order valence-electron chi connectivity index (χ2n) is 6.22. The van der Waals surface area contributed by atoms with E-state index in [1.165, 1.54) is 42.7 Å². The molecule has 0 atom stereocenters. The van der Waals surface area contributed by atoms with E-state index in [4.69, 9.17) is 9.47 Å². The number of methoxy groups -OCH3 is 2. The first-order valence-corrected chi connectivity index (χ1v) is 9.59. The summed E-state index contributed by atoms with van der Waals surface area (Å²) in [6, 6.07) is 12.5. The summed E-state index contributed by atoms with van der Waals surface area (Å²) in [5.41, 5.74) is 1.54. The van der Waals surface area contributed by atoms with Gasteiger partial charge in [-0.25, -0.2) is 4.79 Å². The highest BCUT2D eigenvalue weighted by molar-refractivity contribution is 7.17. The fourth-order valence-corrected chi connectivity index (χ4v) is 4.03. The first kappa shape index (κ1) is 21.0. The predicted octanol–water partition coefficient (Wildman–Crippen LogP) is 4.68. The summed E-state index contributed by atoms with van der Waals surface area (Å²) in [7, 11) is 2.82. The summed E-state index contributed by atoms with van der Waals surface area (Å²) < 4.78 is 10.1. The van der Waals surface area contributed by atoms with Crippen molar-refractivity contribution in [3.05, 3.63) is 74.6 Å². The molecule has 1 heterocycles. The van der Waals surface area contributed by atoms with Crippen LogP contribution in [0.15, 0.2) is 48.5 Å². The molecule has 0 bridgehead atoms. The van der Waals surface area contributed by atoms with Crippen LogP contribution in [0.3, 0.4) is 0 Å². The van der Waals surface area contributed by atoms with E-state index in [1.807, 2.05) is 19.1 Å². The lowest BCUT2D eigenvalue weighted by Gasteiger charge is -2.09. The summed E-state index contributed by atoms with van der Waals surface area (Å²) in [5.74, 6) is -0.489. The zero-order valence-corrected chi connectivity index (χ0v) is 17.2. The quantitative estimate of drug-likeness (QED) is 0.348. The lowest BCUT2D eigenvalue weighted by atomic mass is 10.0. The summed E-state index contributed by atoms with van der Waals surface area (Å²) >= 11 is 1.23. The lowest BCUT2D eigenvalue weighted by Crippen LogP contribution is -2.14. The van der Waals surface area contributed by atoms with E-state index in [0.717, 1.165) is 10.4 Å². The molecule has 2 aromatic carbocycles. The highest BCUT2D eigenvalue weighted by Gasteiger charge is 2.25. The van der Waals surface area contributed by atoms with Gasteiger partial charge in [-0.1, -0.05) is 18.2 Å². The minimum absolute atomic E-state index is 0.108. The van der Waals surface area contributed by atoms with Gasteiger partial charge < -0.3 is 14.8 Å². The monoisotopic (exact) mass is 426 g/mol. The van der Waals surface area contributed by atoms with Gasteiger partial charge in [0.15, 0.2) is 0 Å². The zero-order chi connectivity index (χ0) is 21.8. The van der Waals surface area contributed by atoms with Gasteiger partial charge in [0.2, 0.25) is 0 Å². The molecule has 0 unspecified atom stereocenters. The third-order valence-corrected chi connectivity index (χ3v) is 5.42. The van der Waals surface area contributed by atoms with Gasteiger partial charge in [-0.05, 0) is 30.7 Å². The number of hydrogen-bond donors (Lipinski definition) is 1. The van der Waals surface area contributed by atoms with Gasteiger partial charge in [-0.3, -0.25) is 14.9 Å². The Morgan fingerprint density at radius 3 is 2.40 bits per heavy atom. The Bertz CT molecular complexity index is 1120. The fraction of sp³-hybridized carbons (Fsp3) is 0.143. The Morgan fingerprint density at radius 1 is 1.10 bits per heavy atom. The molecule has 3 rings (SSSR count). The van der Waals surface area contributed by atoms with Crippen molar-refractivity contribution in [2.24, 2.45) is 0 Å². The number of aryl methyl sites for hydroxylation is 1. The number of nitro benzene ring substituents is 1. The molecule has 0 spiro atoms. The molecule has 0 saturated heterocycles. The number of amides is 1. The second kappa shape index (κ2) is 8.75. The van der Waals surface area contributed by atoms with E-state index in [9.17, 15) is 19.7 Å². The molecule has 0 radical (unpaired) electrons. The van der Waals surface area contributed by atoms with Crippen molar-refractivity contribution in [2.45, 2.75) is 6.92 Å². The number of esters is 1. The largest absolute Gasteiger partial charge is 0.497 e. The van der Waals surface area contributed by atoms with Crippen LogP contribution in [0.5, 0.6) is 5.75 Å². The van der Waals surface area contributed by atoms with Crippen LogP contribution in [0.4, 0.5) is 10.7 Å². The minimum Gasteiger partial charge on any atom is -0.497 e. The maximum absolute atomic E-state index is 12.7. The van der Waals surface area contributed by atoms with Crippen LogP contribution in [0.1, 0.15) is 25.6 Å². The molecule has 0 fully saturated rings. The molecular formula is C21H18N2O6S. The summed E-state index contributed by atoms with van der Waals surface area (Å²) in [6.45, 7) is 1.83. The molecule has 1 aromatic heterocycles. The highest BCUT2D eigenvalue weighted by atomic mass is 32.1. The molecular weight excluding hydrogens is 408 g/mol. The number of carbonyl (C=O) groups is 2. The van der Waals surface area contributed by atoms with Crippen molar-refractivity contribution < 1.29 is 24.0 Å². The van der Waals surface area contributed by atoms with E-state index in [0.29, 0.717) is 16.3 Å². The third kappa shape index (κ3) is 4.15. The van der Waals surface area contributed by atoms with E-state index >= 15 is 0 Å². The Hall–Kier alpha value is -3.72. The molecule has 0 aliphatic heterocycles. The predicted molar refractivity (Wildman–Crippen MR) is 113 cm³/mol. The molecule has 8 nitrogen and oxygen atoms in total. The SMILES string of the molecule is COC(=O)c1c(NC(=O)c2cccc([N+](=O)[O-])c2)sc(C)c1-c1ccc(OC)cc1. The van der Waals surface area contributed by atoms with Crippen LogP contribution in [0.2, 0.25) is 0 Å². The number of nitro groups is 1. The molecule has 1 amide bonds. The van der Waals surface area contributed by atoms with Crippen molar-refractivity contribution >= 4 is 33.9 Å². The van der Waals surface area contributed by atoms with Gasteiger partial charge in [0.25, 0.3) is 11.6 Å². The Labute approximate surface area is 176 Å². The van der Waals surface area contributed by atoms with Crippen LogP contribution >= 0.6 is 11.3 Å².